The predicted molar refractivity (Wildman–Crippen MR) is 110 cm³/mol. The molecule has 0 bridgehead atoms. The minimum Gasteiger partial charge on any atom is -0.464 e. The van der Waals surface area contributed by atoms with E-state index >= 15 is 0 Å². The van der Waals surface area contributed by atoms with Crippen molar-refractivity contribution in [1.29, 1.82) is 0 Å². The van der Waals surface area contributed by atoms with E-state index in [0.717, 1.165) is 7.11 Å². The van der Waals surface area contributed by atoms with Gasteiger partial charge in [-0.2, -0.15) is 26.3 Å². The van der Waals surface area contributed by atoms with Crippen LogP contribution in [0.3, 0.4) is 0 Å². The zero-order valence-electron chi connectivity index (χ0n) is 18.5. The SMILES string of the molecule is CO/N=C(/C(=O)OC)c1cccc(C)c1CO/N=C(\C)c1cc(C(F)(F)F)cc(C(F)(F)F)c1. The van der Waals surface area contributed by atoms with Gasteiger partial charge >= 0.3 is 18.3 Å². The summed E-state index contributed by atoms with van der Waals surface area (Å²) >= 11 is 0. The van der Waals surface area contributed by atoms with Crippen molar-refractivity contribution in [3.63, 3.8) is 0 Å². The molecule has 2 aromatic rings. The molecule has 0 aliphatic rings. The second-order valence-corrected chi connectivity index (χ2v) is 6.96. The topological polar surface area (TPSA) is 69.5 Å². The maximum absolute atomic E-state index is 13.1. The number of carbonyl (C=O) groups is 1. The lowest BCUT2D eigenvalue weighted by Gasteiger charge is -2.14. The number of hydrogen-bond donors (Lipinski definition) is 0. The third-order valence-electron chi connectivity index (χ3n) is 4.64. The molecule has 0 spiro atoms. The summed E-state index contributed by atoms with van der Waals surface area (Å²) in [4.78, 5) is 22.0. The standard InChI is InChI=1S/C22H20F6N2O4/c1-12-6-5-7-17(19(30-33-4)20(31)32-3)18(12)11-34-29-13(2)14-8-15(21(23,24)25)10-16(9-14)22(26,27)28/h5-10H,11H2,1-4H3/b29-13+,30-19+. The Labute approximate surface area is 190 Å². The number of ether oxygens (including phenoxy) is 1. The lowest BCUT2D eigenvalue weighted by Crippen LogP contribution is -2.20. The van der Waals surface area contributed by atoms with Gasteiger partial charge in [-0.05, 0) is 37.6 Å². The number of oxime groups is 2. The van der Waals surface area contributed by atoms with Gasteiger partial charge in [-0.1, -0.05) is 28.5 Å². The van der Waals surface area contributed by atoms with Crippen molar-refractivity contribution in [1.82, 2.24) is 0 Å². The molecule has 0 N–H and O–H groups in total. The van der Waals surface area contributed by atoms with E-state index in [4.69, 9.17) is 9.57 Å². The molecule has 0 heterocycles. The van der Waals surface area contributed by atoms with Gasteiger partial charge in [0.25, 0.3) is 0 Å². The Morgan fingerprint density at radius 3 is 2.03 bits per heavy atom. The second-order valence-electron chi connectivity index (χ2n) is 6.96. The first kappa shape index (κ1) is 26.7. The van der Waals surface area contributed by atoms with E-state index in [1.807, 2.05) is 0 Å². The highest BCUT2D eigenvalue weighted by molar-refractivity contribution is 6.43. The van der Waals surface area contributed by atoms with E-state index in [1.165, 1.54) is 14.0 Å². The molecular formula is C22H20F6N2O4. The van der Waals surface area contributed by atoms with Crippen LogP contribution in [0.25, 0.3) is 0 Å². The number of methoxy groups -OCH3 is 1. The van der Waals surface area contributed by atoms with Gasteiger partial charge in [0, 0.05) is 16.7 Å². The largest absolute Gasteiger partial charge is 0.464 e. The minimum absolute atomic E-state index is 0.0285. The Balaban J connectivity index is 2.40. The Bertz CT molecular complexity index is 1080. The summed E-state index contributed by atoms with van der Waals surface area (Å²) in [5.74, 6) is -0.794. The molecule has 2 aromatic carbocycles. The second kappa shape index (κ2) is 10.6. The molecule has 0 saturated heterocycles. The molecule has 12 heteroatoms. The van der Waals surface area contributed by atoms with E-state index in [9.17, 15) is 31.1 Å². The Morgan fingerprint density at radius 2 is 1.53 bits per heavy atom. The van der Waals surface area contributed by atoms with Gasteiger partial charge in [0.1, 0.15) is 13.7 Å². The van der Waals surface area contributed by atoms with Crippen molar-refractivity contribution in [2.24, 2.45) is 10.3 Å². The fourth-order valence-electron chi connectivity index (χ4n) is 2.91. The molecule has 34 heavy (non-hydrogen) atoms. The molecule has 6 nitrogen and oxygen atoms in total. The van der Waals surface area contributed by atoms with E-state index in [2.05, 4.69) is 15.1 Å². The highest BCUT2D eigenvalue weighted by atomic mass is 19.4. The van der Waals surface area contributed by atoms with Crippen LogP contribution >= 0.6 is 0 Å². The highest BCUT2D eigenvalue weighted by Gasteiger charge is 2.37. The van der Waals surface area contributed by atoms with Crippen molar-refractivity contribution >= 4 is 17.4 Å². The summed E-state index contributed by atoms with van der Waals surface area (Å²) in [5.41, 5.74) is -2.36. The monoisotopic (exact) mass is 490 g/mol. The van der Waals surface area contributed by atoms with Crippen LogP contribution in [0, 0.1) is 6.92 Å². The number of carbonyl (C=O) groups excluding carboxylic acids is 1. The number of benzene rings is 2. The van der Waals surface area contributed by atoms with E-state index in [-0.39, 0.29) is 24.1 Å². The number of aryl methyl sites for hydroxylation is 1. The molecule has 0 amide bonds. The fourth-order valence-corrected chi connectivity index (χ4v) is 2.91. The minimum atomic E-state index is -4.99. The Kier molecular flexibility index (Phi) is 8.30. The van der Waals surface area contributed by atoms with Crippen molar-refractivity contribution in [3.05, 3.63) is 69.8 Å². The molecule has 2 rings (SSSR count). The van der Waals surface area contributed by atoms with Crippen LogP contribution in [0.2, 0.25) is 0 Å². The summed E-state index contributed by atoms with van der Waals surface area (Å²) in [6.07, 6.45) is -9.98. The summed E-state index contributed by atoms with van der Waals surface area (Å²) < 4.78 is 83.3. The predicted octanol–water partition coefficient (Wildman–Crippen LogP) is 5.50. The lowest BCUT2D eigenvalue weighted by atomic mass is 9.99. The van der Waals surface area contributed by atoms with Gasteiger partial charge in [0.05, 0.1) is 23.9 Å². The average molecular weight is 490 g/mol. The molecule has 184 valence electrons. The van der Waals surface area contributed by atoms with E-state index < -0.39 is 35.0 Å². The molecule has 0 radical (unpaired) electrons. The maximum atomic E-state index is 13.1. The van der Waals surface area contributed by atoms with Crippen LogP contribution in [0.1, 0.15) is 40.3 Å². The molecule has 0 atom stereocenters. The van der Waals surface area contributed by atoms with Gasteiger partial charge < -0.3 is 14.4 Å². The summed E-state index contributed by atoms with van der Waals surface area (Å²) in [6.45, 7) is 2.63. The first-order valence-corrected chi connectivity index (χ1v) is 9.54. The molecular weight excluding hydrogens is 470 g/mol. The number of halogens is 6. The summed E-state index contributed by atoms with van der Waals surface area (Å²) in [7, 11) is 2.38. The number of hydrogen-bond acceptors (Lipinski definition) is 6. The maximum Gasteiger partial charge on any atom is 0.416 e. The quantitative estimate of drug-likeness (QED) is 0.223. The smallest absolute Gasteiger partial charge is 0.416 e. The van der Waals surface area contributed by atoms with Crippen LogP contribution < -0.4 is 0 Å². The van der Waals surface area contributed by atoms with E-state index in [1.54, 1.807) is 25.1 Å². The van der Waals surface area contributed by atoms with Crippen LogP contribution in [-0.2, 0) is 38.2 Å². The van der Waals surface area contributed by atoms with Crippen molar-refractivity contribution in [3.8, 4) is 0 Å². The van der Waals surface area contributed by atoms with Crippen LogP contribution in [0.5, 0.6) is 0 Å². The van der Waals surface area contributed by atoms with E-state index in [0.29, 0.717) is 28.8 Å². The first-order valence-electron chi connectivity index (χ1n) is 9.54. The van der Waals surface area contributed by atoms with Crippen molar-refractivity contribution in [2.75, 3.05) is 14.2 Å². The summed E-state index contributed by atoms with van der Waals surface area (Å²) in [6, 6.07) is 6.01. The molecule has 0 aliphatic carbocycles. The number of nitrogens with zero attached hydrogens (tertiary/aromatic N) is 2. The van der Waals surface area contributed by atoms with Crippen molar-refractivity contribution < 1.29 is 45.5 Å². The molecule has 0 fully saturated rings. The molecule has 0 aromatic heterocycles. The average Bonchev–Trinajstić information content (AvgIpc) is 2.76. The van der Waals surface area contributed by atoms with Crippen molar-refractivity contribution in [2.45, 2.75) is 32.8 Å². The molecule has 0 saturated carbocycles. The normalized spacial score (nSPS) is 13.0. The number of alkyl halides is 6. The van der Waals surface area contributed by atoms with Gasteiger partial charge in [-0.3, -0.25) is 0 Å². The Hall–Kier alpha value is -3.57. The van der Waals surface area contributed by atoms with Crippen LogP contribution in [0.4, 0.5) is 26.3 Å². The van der Waals surface area contributed by atoms with Crippen LogP contribution in [-0.4, -0.2) is 31.6 Å². The van der Waals surface area contributed by atoms with Crippen LogP contribution in [0.15, 0.2) is 46.7 Å². The summed E-state index contributed by atoms with van der Waals surface area (Å²) in [5, 5.41) is 7.34. The third kappa shape index (κ3) is 6.49. The van der Waals surface area contributed by atoms with Gasteiger partial charge in [-0.25, -0.2) is 4.79 Å². The lowest BCUT2D eigenvalue weighted by molar-refractivity contribution is -0.143. The molecule has 0 unspecified atom stereocenters. The fraction of sp³-hybridized carbons (Fsp3) is 0.318. The first-order chi connectivity index (χ1) is 15.8. The zero-order valence-corrected chi connectivity index (χ0v) is 18.5. The third-order valence-corrected chi connectivity index (χ3v) is 4.64. The number of rotatable bonds is 7. The van der Waals surface area contributed by atoms with Gasteiger partial charge in [-0.15, -0.1) is 0 Å². The zero-order chi connectivity index (χ0) is 25.7. The Morgan fingerprint density at radius 1 is 0.941 bits per heavy atom. The highest BCUT2D eigenvalue weighted by Crippen LogP contribution is 2.36. The van der Waals surface area contributed by atoms with Gasteiger partial charge in [0.2, 0.25) is 0 Å². The number of esters is 1. The van der Waals surface area contributed by atoms with Gasteiger partial charge in [0.15, 0.2) is 5.71 Å². The molecule has 0 aliphatic heterocycles.